The van der Waals surface area contributed by atoms with Crippen LogP contribution < -0.4 is 0 Å². The molecule has 142 valence electrons. The topological polar surface area (TPSA) is 73.4 Å². The lowest BCUT2D eigenvalue weighted by Gasteiger charge is -2.32. The number of carbonyl (C=O) groups is 1. The Balaban J connectivity index is 1.38. The first-order chi connectivity index (χ1) is 12.5. The average Bonchev–Trinajstić information content (AvgIpc) is 3.23. The molecular weight excluding hydrogens is 332 g/mol. The van der Waals surface area contributed by atoms with Crippen molar-refractivity contribution in [1.82, 2.24) is 19.6 Å². The van der Waals surface area contributed by atoms with Gasteiger partial charge in [0, 0.05) is 39.2 Å². The Morgan fingerprint density at radius 1 is 1.38 bits per heavy atom. The smallest absolute Gasteiger partial charge is 0.270 e. The highest BCUT2D eigenvalue weighted by molar-refractivity contribution is 5.92. The summed E-state index contributed by atoms with van der Waals surface area (Å²) in [5, 5.41) is 4.00. The predicted molar refractivity (Wildman–Crippen MR) is 96.8 cm³/mol. The van der Waals surface area contributed by atoms with Crippen LogP contribution in [0.25, 0.3) is 0 Å². The standard InChI is InChI=1S/C19H28N4O3/c1-14(2)13-18-20-17(21-26-18)8-12-25-15-6-10-23(11-7-15)19(24)16-5-4-9-22(16)3/h4-5,9,14-15H,6-8,10-13H2,1-3H3. The summed E-state index contributed by atoms with van der Waals surface area (Å²) in [5.41, 5.74) is 0.735. The number of aryl methyl sites for hydroxylation is 1. The van der Waals surface area contributed by atoms with Gasteiger partial charge in [0.1, 0.15) is 5.69 Å². The second-order valence-corrected chi connectivity index (χ2v) is 7.32. The van der Waals surface area contributed by atoms with Gasteiger partial charge in [-0.25, -0.2) is 0 Å². The van der Waals surface area contributed by atoms with Crippen LogP contribution in [0.1, 0.15) is 48.9 Å². The van der Waals surface area contributed by atoms with Gasteiger partial charge in [0.05, 0.1) is 12.7 Å². The molecule has 2 aromatic heterocycles. The molecule has 0 spiro atoms. The van der Waals surface area contributed by atoms with E-state index in [1.54, 1.807) is 0 Å². The number of nitrogens with zero attached hydrogens (tertiary/aromatic N) is 4. The molecular formula is C19H28N4O3. The summed E-state index contributed by atoms with van der Waals surface area (Å²) in [6, 6.07) is 3.76. The Hall–Kier alpha value is -2.15. The molecule has 0 unspecified atom stereocenters. The second kappa shape index (κ2) is 8.49. The molecule has 3 heterocycles. The summed E-state index contributed by atoms with van der Waals surface area (Å²) < 4.78 is 13.1. The maximum absolute atomic E-state index is 12.5. The molecule has 0 atom stereocenters. The van der Waals surface area contributed by atoms with Gasteiger partial charge in [0.2, 0.25) is 5.89 Å². The minimum atomic E-state index is 0.0976. The summed E-state index contributed by atoms with van der Waals surface area (Å²) in [5.74, 6) is 2.00. The van der Waals surface area contributed by atoms with Crippen molar-refractivity contribution in [3.8, 4) is 0 Å². The van der Waals surface area contributed by atoms with Crippen molar-refractivity contribution in [2.75, 3.05) is 19.7 Å². The third kappa shape index (κ3) is 4.72. The summed E-state index contributed by atoms with van der Waals surface area (Å²) in [7, 11) is 1.90. The van der Waals surface area contributed by atoms with Gasteiger partial charge in [-0.1, -0.05) is 19.0 Å². The van der Waals surface area contributed by atoms with Crippen LogP contribution in [0.15, 0.2) is 22.9 Å². The van der Waals surface area contributed by atoms with E-state index in [1.165, 1.54) is 0 Å². The number of carbonyl (C=O) groups excluding carboxylic acids is 1. The highest BCUT2D eigenvalue weighted by Crippen LogP contribution is 2.17. The first kappa shape index (κ1) is 18.6. The van der Waals surface area contributed by atoms with E-state index < -0.39 is 0 Å². The van der Waals surface area contributed by atoms with Crippen LogP contribution in [-0.4, -0.2) is 51.3 Å². The van der Waals surface area contributed by atoms with Gasteiger partial charge in [-0.05, 0) is 30.9 Å². The lowest BCUT2D eigenvalue weighted by Crippen LogP contribution is -2.41. The highest BCUT2D eigenvalue weighted by atomic mass is 16.5. The normalized spacial score (nSPS) is 15.8. The number of ether oxygens (including phenoxy) is 1. The first-order valence-electron chi connectivity index (χ1n) is 9.36. The zero-order valence-electron chi connectivity index (χ0n) is 15.9. The van der Waals surface area contributed by atoms with Crippen molar-refractivity contribution in [1.29, 1.82) is 0 Å². The molecule has 0 saturated carbocycles. The van der Waals surface area contributed by atoms with E-state index in [0.29, 0.717) is 30.7 Å². The molecule has 1 amide bonds. The number of hydrogen-bond donors (Lipinski definition) is 0. The van der Waals surface area contributed by atoms with Gasteiger partial charge in [-0.2, -0.15) is 4.98 Å². The highest BCUT2D eigenvalue weighted by Gasteiger charge is 2.25. The molecule has 0 aromatic carbocycles. The Bertz CT molecular complexity index is 714. The monoisotopic (exact) mass is 360 g/mol. The Morgan fingerprint density at radius 2 is 2.15 bits per heavy atom. The Labute approximate surface area is 154 Å². The predicted octanol–water partition coefficient (Wildman–Crippen LogP) is 2.47. The number of hydrogen-bond acceptors (Lipinski definition) is 5. The summed E-state index contributed by atoms with van der Waals surface area (Å²) in [6.07, 6.45) is 5.27. The third-order valence-corrected chi connectivity index (χ3v) is 4.66. The maximum Gasteiger partial charge on any atom is 0.270 e. The van der Waals surface area contributed by atoms with Crippen molar-refractivity contribution in [3.05, 3.63) is 35.7 Å². The molecule has 1 aliphatic heterocycles. The van der Waals surface area contributed by atoms with Crippen LogP contribution in [0, 0.1) is 5.92 Å². The van der Waals surface area contributed by atoms with Gasteiger partial charge < -0.3 is 18.7 Å². The molecule has 3 rings (SSSR count). The zero-order chi connectivity index (χ0) is 18.5. The van der Waals surface area contributed by atoms with E-state index in [2.05, 4.69) is 24.0 Å². The second-order valence-electron chi connectivity index (χ2n) is 7.32. The number of amides is 1. The minimum absolute atomic E-state index is 0.0976. The fourth-order valence-corrected chi connectivity index (χ4v) is 3.21. The van der Waals surface area contributed by atoms with Crippen molar-refractivity contribution >= 4 is 5.91 Å². The molecule has 1 fully saturated rings. The first-order valence-corrected chi connectivity index (χ1v) is 9.36. The Morgan fingerprint density at radius 3 is 2.81 bits per heavy atom. The number of rotatable bonds is 7. The van der Waals surface area contributed by atoms with Crippen molar-refractivity contribution in [2.45, 2.75) is 45.6 Å². The summed E-state index contributed by atoms with van der Waals surface area (Å²) in [6.45, 7) is 6.30. The Kier molecular flexibility index (Phi) is 6.08. The van der Waals surface area contributed by atoms with Crippen molar-refractivity contribution in [2.24, 2.45) is 13.0 Å². The summed E-state index contributed by atoms with van der Waals surface area (Å²) in [4.78, 5) is 18.8. The van der Waals surface area contributed by atoms with E-state index in [-0.39, 0.29) is 12.0 Å². The van der Waals surface area contributed by atoms with Gasteiger partial charge in [-0.15, -0.1) is 0 Å². The lowest BCUT2D eigenvalue weighted by molar-refractivity contribution is 0.00922. The minimum Gasteiger partial charge on any atom is -0.378 e. The molecule has 2 aromatic rings. The zero-order valence-corrected chi connectivity index (χ0v) is 15.9. The molecule has 1 saturated heterocycles. The molecule has 0 N–H and O–H groups in total. The van der Waals surface area contributed by atoms with E-state index >= 15 is 0 Å². The number of aromatic nitrogens is 3. The lowest BCUT2D eigenvalue weighted by atomic mass is 10.1. The molecule has 0 aliphatic carbocycles. The number of likely N-dealkylation sites (tertiary alicyclic amines) is 1. The molecule has 7 heteroatoms. The molecule has 0 bridgehead atoms. The van der Waals surface area contributed by atoms with Gasteiger partial charge in [-0.3, -0.25) is 4.79 Å². The summed E-state index contributed by atoms with van der Waals surface area (Å²) >= 11 is 0. The molecule has 7 nitrogen and oxygen atoms in total. The average molecular weight is 360 g/mol. The van der Waals surface area contributed by atoms with Crippen LogP contribution in [0.5, 0.6) is 0 Å². The van der Waals surface area contributed by atoms with Crippen molar-refractivity contribution in [3.63, 3.8) is 0 Å². The molecule has 1 aliphatic rings. The maximum atomic E-state index is 12.5. The van der Waals surface area contributed by atoms with E-state index in [1.807, 2.05) is 34.8 Å². The van der Waals surface area contributed by atoms with E-state index in [9.17, 15) is 4.79 Å². The van der Waals surface area contributed by atoms with E-state index in [0.717, 1.165) is 38.0 Å². The van der Waals surface area contributed by atoms with Crippen LogP contribution in [0.2, 0.25) is 0 Å². The van der Waals surface area contributed by atoms with Crippen LogP contribution in [0.4, 0.5) is 0 Å². The van der Waals surface area contributed by atoms with Gasteiger partial charge >= 0.3 is 0 Å². The molecule has 26 heavy (non-hydrogen) atoms. The fraction of sp³-hybridized carbons (Fsp3) is 0.632. The van der Waals surface area contributed by atoms with Gasteiger partial charge in [0.15, 0.2) is 5.82 Å². The van der Waals surface area contributed by atoms with Gasteiger partial charge in [0.25, 0.3) is 5.91 Å². The van der Waals surface area contributed by atoms with Crippen LogP contribution >= 0.6 is 0 Å². The van der Waals surface area contributed by atoms with Crippen LogP contribution in [-0.2, 0) is 24.6 Å². The number of piperidine rings is 1. The largest absolute Gasteiger partial charge is 0.378 e. The van der Waals surface area contributed by atoms with Crippen molar-refractivity contribution < 1.29 is 14.1 Å². The van der Waals surface area contributed by atoms with Crippen LogP contribution in [0.3, 0.4) is 0 Å². The molecule has 0 radical (unpaired) electrons. The SMILES string of the molecule is CC(C)Cc1nc(CCOC2CCN(C(=O)c3cccn3C)CC2)no1. The van der Waals surface area contributed by atoms with E-state index in [4.69, 9.17) is 9.26 Å². The quantitative estimate of drug-likeness (QED) is 0.758. The fourth-order valence-electron chi connectivity index (χ4n) is 3.21. The third-order valence-electron chi connectivity index (χ3n) is 4.66.